The number of carbonyl (C=O) groups excluding carboxylic acids is 2. The standard InChI is InChI=1S/C17H24N2O3/c1-3-22-16(21)17(9-4-5-10-17)18-12-14-7-6-8-15(11-14)19-13(2)20/h6-8,11,18H,3-5,9-10,12H2,1-2H3,(H,19,20). The summed E-state index contributed by atoms with van der Waals surface area (Å²) in [5, 5.41) is 6.16. The predicted molar refractivity (Wildman–Crippen MR) is 85.4 cm³/mol. The van der Waals surface area contributed by atoms with Gasteiger partial charge < -0.3 is 10.1 Å². The monoisotopic (exact) mass is 304 g/mol. The third-order valence-electron chi connectivity index (χ3n) is 4.00. The fourth-order valence-electron chi connectivity index (χ4n) is 2.93. The molecular weight excluding hydrogens is 280 g/mol. The van der Waals surface area contributed by atoms with Crippen molar-refractivity contribution in [2.45, 2.75) is 51.6 Å². The van der Waals surface area contributed by atoms with Crippen molar-refractivity contribution in [2.75, 3.05) is 11.9 Å². The first kappa shape index (κ1) is 16.5. The maximum atomic E-state index is 12.3. The van der Waals surface area contributed by atoms with Crippen LogP contribution in [0.2, 0.25) is 0 Å². The summed E-state index contributed by atoms with van der Waals surface area (Å²) in [7, 11) is 0. The average molecular weight is 304 g/mol. The first-order valence-corrected chi connectivity index (χ1v) is 7.84. The lowest BCUT2D eigenvalue weighted by atomic mass is 9.97. The molecule has 0 unspecified atom stereocenters. The largest absolute Gasteiger partial charge is 0.465 e. The molecule has 0 heterocycles. The molecule has 0 saturated heterocycles. The zero-order chi connectivity index (χ0) is 16.0. The van der Waals surface area contributed by atoms with Crippen molar-refractivity contribution in [3.63, 3.8) is 0 Å². The van der Waals surface area contributed by atoms with Gasteiger partial charge in [0, 0.05) is 19.2 Å². The molecule has 1 fully saturated rings. The zero-order valence-corrected chi connectivity index (χ0v) is 13.3. The Bertz CT molecular complexity index is 536. The summed E-state index contributed by atoms with van der Waals surface area (Å²) in [5.74, 6) is -0.241. The number of hydrogen-bond acceptors (Lipinski definition) is 4. The lowest BCUT2D eigenvalue weighted by molar-refractivity contribution is -0.151. The van der Waals surface area contributed by atoms with Gasteiger partial charge in [-0.25, -0.2) is 0 Å². The molecule has 0 bridgehead atoms. The summed E-state index contributed by atoms with van der Waals surface area (Å²) in [4.78, 5) is 23.4. The molecule has 1 aliphatic carbocycles. The molecule has 0 radical (unpaired) electrons. The second-order valence-corrected chi connectivity index (χ2v) is 5.74. The SMILES string of the molecule is CCOC(=O)C1(NCc2cccc(NC(C)=O)c2)CCCC1. The van der Waals surface area contributed by atoms with Crippen LogP contribution in [0.15, 0.2) is 24.3 Å². The highest BCUT2D eigenvalue weighted by Gasteiger charge is 2.41. The molecule has 5 nitrogen and oxygen atoms in total. The Labute approximate surface area is 131 Å². The maximum Gasteiger partial charge on any atom is 0.326 e. The minimum absolute atomic E-state index is 0.0936. The van der Waals surface area contributed by atoms with E-state index in [0.29, 0.717) is 13.2 Å². The molecule has 1 aliphatic rings. The molecule has 1 amide bonds. The second kappa shape index (κ2) is 7.40. The van der Waals surface area contributed by atoms with Crippen LogP contribution in [-0.4, -0.2) is 24.0 Å². The highest BCUT2D eigenvalue weighted by molar-refractivity contribution is 5.88. The lowest BCUT2D eigenvalue weighted by Gasteiger charge is -2.28. The quantitative estimate of drug-likeness (QED) is 0.793. The molecule has 1 aromatic carbocycles. The van der Waals surface area contributed by atoms with Gasteiger partial charge in [-0.2, -0.15) is 0 Å². The van der Waals surface area contributed by atoms with E-state index in [4.69, 9.17) is 4.74 Å². The third-order valence-corrected chi connectivity index (χ3v) is 4.00. The number of amides is 1. The topological polar surface area (TPSA) is 67.4 Å². The van der Waals surface area contributed by atoms with Crippen LogP contribution in [0.4, 0.5) is 5.69 Å². The fourth-order valence-corrected chi connectivity index (χ4v) is 2.93. The second-order valence-electron chi connectivity index (χ2n) is 5.74. The van der Waals surface area contributed by atoms with Crippen LogP contribution >= 0.6 is 0 Å². The first-order chi connectivity index (χ1) is 10.6. The number of anilines is 1. The third kappa shape index (κ3) is 4.07. The molecule has 0 aromatic heterocycles. The number of rotatable bonds is 6. The van der Waals surface area contributed by atoms with Crippen molar-refractivity contribution in [3.05, 3.63) is 29.8 Å². The van der Waals surface area contributed by atoms with Crippen LogP contribution in [0, 0.1) is 0 Å². The predicted octanol–water partition coefficient (Wildman–Crippen LogP) is 2.61. The van der Waals surface area contributed by atoms with E-state index < -0.39 is 5.54 Å². The maximum absolute atomic E-state index is 12.3. The molecule has 0 atom stereocenters. The molecule has 1 saturated carbocycles. The Morgan fingerprint density at radius 2 is 2.00 bits per heavy atom. The van der Waals surface area contributed by atoms with Gasteiger partial charge in [-0.3, -0.25) is 14.9 Å². The van der Waals surface area contributed by atoms with E-state index in [2.05, 4.69) is 10.6 Å². The van der Waals surface area contributed by atoms with E-state index in [1.54, 1.807) is 0 Å². The van der Waals surface area contributed by atoms with E-state index in [1.165, 1.54) is 6.92 Å². The van der Waals surface area contributed by atoms with Crippen molar-refractivity contribution in [1.82, 2.24) is 5.32 Å². The van der Waals surface area contributed by atoms with Gasteiger partial charge in [0.25, 0.3) is 0 Å². The summed E-state index contributed by atoms with van der Waals surface area (Å²) in [6, 6.07) is 7.64. The van der Waals surface area contributed by atoms with Crippen LogP contribution < -0.4 is 10.6 Å². The van der Waals surface area contributed by atoms with E-state index >= 15 is 0 Å². The van der Waals surface area contributed by atoms with E-state index in [1.807, 2.05) is 31.2 Å². The molecule has 0 aliphatic heterocycles. The number of esters is 1. The Morgan fingerprint density at radius 3 is 2.64 bits per heavy atom. The number of nitrogens with one attached hydrogen (secondary N) is 2. The van der Waals surface area contributed by atoms with Crippen LogP contribution in [0.25, 0.3) is 0 Å². The summed E-state index contributed by atoms with van der Waals surface area (Å²) >= 11 is 0. The van der Waals surface area contributed by atoms with Crippen LogP contribution in [0.1, 0.15) is 45.1 Å². The van der Waals surface area contributed by atoms with Crippen molar-refractivity contribution in [1.29, 1.82) is 0 Å². The molecule has 0 spiro atoms. The van der Waals surface area contributed by atoms with Gasteiger partial charge in [0.15, 0.2) is 0 Å². The fraction of sp³-hybridized carbons (Fsp3) is 0.529. The molecule has 120 valence electrons. The van der Waals surface area contributed by atoms with Gasteiger partial charge in [-0.15, -0.1) is 0 Å². The summed E-state index contributed by atoms with van der Waals surface area (Å²) in [6.07, 6.45) is 3.71. The smallest absolute Gasteiger partial charge is 0.326 e. The van der Waals surface area contributed by atoms with Gasteiger partial charge in [-0.1, -0.05) is 25.0 Å². The average Bonchev–Trinajstić information content (AvgIpc) is 2.95. The van der Waals surface area contributed by atoms with Crippen LogP contribution in [0.3, 0.4) is 0 Å². The number of ether oxygens (including phenoxy) is 1. The molecule has 5 heteroatoms. The first-order valence-electron chi connectivity index (χ1n) is 7.84. The number of benzene rings is 1. The Kier molecular flexibility index (Phi) is 5.55. The summed E-state index contributed by atoms with van der Waals surface area (Å²) < 4.78 is 5.24. The Balaban J connectivity index is 2.03. The Morgan fingerprint density at radius 1 is 1.27 bits per heavy atom. The van der Waals surface area contributed by atoms with Crippen LogP contribution in [-0.2, 0) is 20.9 Å². The van der Waals surface area contributed by atoms with E-state index in [9.17, 15) is 9.59 Å². The Hall–Kier alpha value is -1.88. The molecule has 2 N–H and O–H groups in total. The van der Waals surface area contributed by atoms with E-state index in [-0.39, 0.29) is 11.9 Å². The van der Waals surface area contributed by atoms with Crippen molar-refractivity contribution >= 4 is 17.6 Å². The van der Waals surface area contributed by atoms with Gasteiger partial charge in [0.05, 0.1) is 6.61 Å². The lowest BCUT2D eigenvalue weighted by Crippen LogP contribution is -2.50. The highest BCUT2D eigenvalue weighted by Crippen LogP contribution is 2.31. The summed E-state index contributed by atoms with van der Waals surface area (Å²) in [5.41, 5.74) is 1.24. The van der Waals surface area contributed by atoms with Crippen molar-refractivity contribution in [3.8, 4) is 0 Å². The van der Waals surface area contributed by atoms with Crippen molar-refractivity contribution < 1.29 is 14.3 Å². The zero-order valence-electron chi connectivity index (χ0n) is 13.3. The normalized spacial score (nSPS) is 16.3. The van der Waals surface area contributed by atoms with Gasteiger partial charge in [0.1, 0.15) is 5.54 Å². The number of hydrogen-bond donors (Lipinski definition) is 2. The minimum atomic E-state index is -0.556. The van der Waals surface area contributed by atoms with Crippen molar-refractivity contribution in [2.24, 2.45) is 0 Å². The highest BCUT2D eigenvalue weighted by atomic mass is 16.5. The van der Waals surface area contributed by atoms with Crippen LogP contribution in [0.5, 0.6) is 0 Å². The molecule has 2 rings (SSSR count). The van der Waals surface area contributed by atoms with E-state index in [0.717, 1.165) is 36.9 Å². The van der Waals surface area contributed by atoms with Gasteiger partial charge in [-0.05, 0) is 37.5 Å². The number of carbonyl (C=O) groups is 2. The summed E-state index contributed by atoms with van der Waals surface area (Å²) in [6.45, 7) is 4.29. The molecule has 22 heavy (non-hydrogen) atoms. The molecule has 1 aromatic rings. The van der Waals surface area contributed by atoms with Gasteiger partial charge >= 0.3 is 5.97 Å². The minimum Gasteiger partial charge on any atom is -0.465 e. The van der Waals surface area contributed by atoms with Gasteiger partial charge in [0.2, 0.25) is 5.91 Å². The molecular formula is C17H24N2O3.